The third-order valence-electron chi connectivity index (χ3n) is 2.97. The van der Waals surface area contributed by atoms with Crippen molar-refractivity contribution in [3.63, 3.8) is 0 Å². The number of nitrogens with zero attached hydrogens (tertiary/aromatic N) is 3. The van der Waals surface area contributed by atoms with Crippen LogP contribution in [0.3, 0.4) is 0 Å². The van der Waals surface area contributed by atoms with E-state index in [1.165, 1.54) is 16.9 Å². The molecule has 2 heterocycles. The molecule has 0 atom stereocenters. The summed E-state index contributed by atoms with van der Waals surface area (Å²) in [6, 6.07) is 6.78. The number of carboxylic acid groups (broad SMARTS) is 1. The van der Waals surface area contributed by atoms with Crippen LogP contribution in [0.25, 0.3) is 22.3 Å². The van der Waals surface area contributed by atoms with Crippen molar-refractivity contribution in [3.8, 4) is 11.3 Å². The van der Waals surface area contributed by atoms with Crippen LogP contribution in [0.15, 0.2) is 35.3 Å². The van der Waals surface area contributed by atoms with Gasteiger partial charge < -0.3 is 10.1 Å². The standard InChI is InChI=1S/C13H10N4O3/c1-17-11(5-10(16-17)13(19)20)7-2-3-8-9(4-7)14-6-12(18)15-8/h2-6H,1H3,(H,15,18)(H,19,20). The summed E-state index contributed by atoms with van der Waals surface area (Å²) in [6.07, 6.45) is 1.21. The van der Waals surface area contributed by atoms with Gasteiger partial charge in [0, 0.05) is 12.6 Å². The summed E-state index contributed by atoms with van der Waals surface area (Å²) < 4.78 is 1.50. The number of fused-ring (bicyclic) bond motifs is 1. The van der Waals surface area contributed by atoms with Crippen molar-refractivity contribution >= 4 is 17.0 Å². The highest BCUT2D eigenvalue weighted by molar-refractivity contribution is 5.88. The summed E-state index contributed by atoms with van der Waals surface area (Å²) in [4.78, 5) is 28.8. The second-order valence-corrected chi connectivity index (χ2v) is 4.32. The first kappa shape index (κ1) is 12.1. The molecule has 0 radical (unpaired) electrons. The van der Waals surface area contributed by atoms with Gasteiger partial charge >= 0.3 is 5.97 Å². The number of nitrogens with one attached hydrogen (secondary N) is 1. The minimum atomic E-state index is -1.07. The molecule has 1 aromatic carbocycles. The molecular formula is C13H10N4O3. The SMILES string of the molecule is Cn1nc(C(=O)O)cc1-c1ccc2[nH]c(=O)cnc2c1. The van der Waals surface area contributed by atoms with Crippen LogP contribution in [0, 0.1) is 0 Å². The van der Waals surface area contributed by atoms with Gasteiger partial charge in [-0.05, 0) is 18.2 Å². The number of aromatic nitrogens is 4. The van der Waals surface area contributed by atoms with Crippen LogP contribution in [0.1, 0.15) is 10.5 Å². The number of hydrogen-bond donors (Lipinski definition) is 2. The van der Waals surface area contributed by atoms with E-state index in [-0.39, 0.29) is 11.3 Å². The number of hydrogen-bond acceptors (Lipinski definition) is 4. The lowest BCUT2D eigenvalue weighted by molar-refractivity contribution is 0.0689. The molecule has 0 saturated carbocycles. The molecular weight excluding hydrogens is 260 g/mol. The van der Waals surface area contributed by atoms with Crippen LogP contribution in [-0.2, 0) is 7.05 Å². The summed E-state index contributed by atoms with van der Waals surface area (Å²) in [5.74, 6) is -1.07. The minimum absolute atomic E-state index is 0.0166. The highest BCUT2D eigenvalue weighted by Crippen LogP contribution is 2.22. The van der Waals surface area contributed by atoms with Crippen molar-refractivity contribution in [1.29, 1.82) is 0 Å². The molecule has 3 aromatic rings. The molecule has 0 fully saturated rings. The molecule has 20 heavy (non-hydrogen) atoms. The van der Waals surface area contributed by atoms with Crippen LogP contribution in [0.2, 0.25) is 0 Å². The predicted molar refractivity (Wildman–Crippen MR) is 71.5 cm³/mol. The van der Waals surface area contributed by atoms with Crippen molar-refractivity contribution in [3.05, 3.63) is 46.5 Å². The Balaban J connectivity index is 2.17. The molecule has 7 nitrogen and oxygen atoms in total. The first-order chi connectivity index (χ1) is 9.54. The third-order valence-corrected chi connectivity index (χ3v) is 2.97. The van der Waals surface area contributed by atoms with E-state index in [1.54, 1.807) is 25.2 Å². The Bertz CT molecular complexity index is 879. The Kier molecular flexibility index (Phi) is 2.60. The first-order valence-electron chi connectivity index (χ1n) is 5.81. The van der Waals surface area contributed by atoms with Crippen LogP contribution < -0.4 is 5.56 Å². The second kappa shape index (κ2) is 4.30. The van der Waals surface area contributed by atoms with Gasteiger partial charge in [-0.15, -0.1) is 0 Å². The number of aromatic carboxylic acids is 1. The van der Waals surface area contributed by atoms with Crippen LogP contribution >= 0.6 is 0 Å². The molecule has 7 heteroatoms. The molecule has 0 aliphatic rings. The molecule has 0 spiro atoms. The molecule has 0 aliphatic heterocycles. The average molecular weight is 270 g/mol. The fourth-order valence-electron chi connectivity index (χ4n) is 2.04. The minimum Gasteiger partial charge on any atom is -0.476 e. The molecule has 3 rings (SSSR count). The summed E-state index contributed by atoms with van der Waals surface area (Å²) >= 11 is 0. The van der Waals surface area contributed by atoms with Crippen molar-refractivity contribution in [2.45, 2.75) is 0 Å². The number of aromatic amines is 1. The zero-order chi connectivity index (χ0) is 14.3. The largest absolute Gasteiger partial charge is 0.476 e. The van der Waals surface area contributed by atoms with Crippen molar-refractivity contribution in [2.75, 3.05) is 0 Å². The maximum absolute atomic E-state index is 11.2. The summed E-state index contributed by atoms with van der Waals surface area (Å²) in [6.45, 7) is 0. The number of carbonyl (C=O) groups is 1. The normalized spacial score (nSPS) is 10.8. The lowest BCUT2D eigenvalue weighted by Crippen LogP contribution is -2.04. The molecule has 2 aromatic heterocycles. The molecule has 0 saturated heterocycles. The molecule has 0 bridgehead atoms. The van der Waals surface area contributed by atoms with E-state index in [4.69, 9.17) is 5.11 Å². The Morgan fingerprint density at radius 3 is 2.85 bits per heavy atom. The smallest absolute Gasteiger partial charge is 0.356 e. The molecule has 2 N–H and O–H groups in total. The maximum Gasteiger partial charge on any atom is 0.356 e. The van der Waals surface area contributed by atoms with E-state index in [0.29, 0.717) is 16.7 Å². The Morgan fingerprint density at radius 1 is 1.35 bits per heavy atom. The van der Waals surface area contributed by atoms with E-state index < -0.39 is 5.97 Å². The first-order valence-corrected chi connectivity index (χ1v) is 5.81. The van der Waals surface area contributed by atoms with E-state index in [1.807, 2.05) is 0 Å². The summed E-state index contributed by atoms with van der Waals surface area (Å²) in [7, 11) is 1.67. The van der Waals surface area contributed by atoms with Gasteiger partial charge in [0.2, 0.25) is 0 Å². The topological polar surface area (TPSA) is 101 Å². The Morgan fingerprint density at radius 2 is 2.15 bits per heavy atom. The average Bonchev–Trinajstić information content (AvgIpc) is 2.80. The number of rotatable bonds is 2. The van der Waals surface area contributed by atoms with Crippen molar-refractivity contribution in [1.82, 2.24) is 19.7 Å². The van der Waals surface area contributed by atoms with Gasteiger partial charge in [-0.1, -0.05) is 6.07 Å². The van der Waals surface area contributed by atoms with E-state index in [2.05, 4.69) is 15.1 Å². The van der Waals surface area contributed by atoms with Gasteiger partial charge in [-0.3, -0.25) is 9.48 Å². The maximum atomic E-state index is 11.2. The second-order valence-electron chi connectivity index (χ2n) is 4.32. The van der Waals surface area contributed by atoms with E-state index >= 15 is 0 Å². The monoisotopic (exact) mass is 270 g/mol. The lowest BCUT2D eigenvalue weighted by Gasteiger charge is -2.03. The molecule has 100 valence electrons. The van der Waals surface area contributed by atoms with Gasteiger partial charge in [-0.2, -0.15) is 5.10 Å². The molecule has 0 unspecified atom stereocenters. The molecule has 0 aliphatic carbocycles. The van der Waals surface area contributed by atoms with Crippen LogP contribution in [-0.4, -0.2) is 30.8 Å². The Hall–Kier alpha value is -2.96. The summed E-state index contributed by atoms with van der Waals surface area (Å²) in [5.41, 5.74) is 2.41. The quantitative estimate of drug-likeness (QED) is 0.724. The predicted octanol–water partition coefficient (Wildman–Crippen LogP) is 1.02. The molecule has 0 amide bonds. The van der Waals surface area contributed by atoms with Crippen LogP contribution in [0.5, 0.6) is 0 Å². The third kappa shape index (κ3) is 1.95. The van der Waals surface area contributed by atoms with Gasteiger partial charge in [0.25, 0.3) is 5.56 Å². The zero-order valence-corrected chi connectivity index (χ0v) is 10.5. The fourth-order valence-corrected chi connectivity index (χ4v) is 2.04. The number of benzene rings is 1. The van der Waals surface area contributed by atoms with E-state index in [9.17, 15) is 9.59 Å². The lowest BCUT2D eigenvalue weighted by atomic mass is 10.1. The highest BCUT2D eigenvalue weighted by atomic mass is 16.4. The highest BCUT2D eigenvalue weighted by Gasteiger charge is 2.13. The van der Waals surface area contributed by atoms with Crippen LogP contribution in [0.4, 0.5) is 0 Å². The fraction of sp³-hybridized carbons (Fsp3) is 0.0769. The van der Waals surface area contributed by atoms with Crippen molar-refractivity contribution in [2.24, 2.45) is 7.05 Å². The number of carboxylic acids is 1. The number of H-pyrrole nitrogens is 1. The zero-order valence-electron chi connectivity index (χ0n) is 10.5. The van der Waals surface area contributed by atoms with E-state index in [0.717, 1.165) is 5.56 Å². The van der Waals surface area contributed by atoms with Crippen molar-refractivity contribution < 1.29 is 9.90 Å². The van der Waals surface area contributed by atoms with Gasteiger partial charge in [0.15, 0.2) is 5.69 Å². The van der Waals surface area contributed by atoms with Gasteiger partial charge in [-0.25, -0.2) is 9.78 Å². The van der Waals surface area contributed by atoms with Gasteiger partial charge in [0.1, 0.15) is 0 Å². The van der Waals surface area contributed by atoms with Gasteiger partial charge in [0.05, 0.1) is 22.9 Å². The Labute approximate surface area is 112 Å². The number of aryl methyl sites for hydroxylation is 1. The summed E-state index contributed by atoms with van der Waals surface area (Å²) in [5, 5.41) is 12.9.